The predicted octanol–water partition coefficient (Wildman–Crippen LogP) is 2.76. The number of hydrogen-bond donors (Lipinski definition) is 0. The molecule has 2 amide bonds. The number of benzene rings is 1. The minimum Gasteiger partial charge on any atom is -0.302 e. The molecule has 1 aromatic carbocycles. The fraction of sp³-hybridized carbons (Fsp3) is 0.353. The third-order valence-electron chi connectivity index (χ3n) is 3.99. The second-order valence-corrected chi connectivity index (χ2v) is 6.79. The Morgan fingerprint density at radius 3 is 2.71 bits per heavy atom. The van der Waals surface area contributed by atoms with Gasteiger partial charge >= 0.3 is 6.03 Å². The molecule has 1 saturated heterocycles. The lowest BCUT2D eigenvalue weighted by Gasteiger charge is -2.25. The molecule has 0 bridgehead atoms. The molecule has 0 aliphatic carbocycles. The number of thioether (sulfide) groups is 1. The quantitative estimate of drug-likeness (QED) is 0.790. The largest absolute Gasteiger partial charge is 0.323 e. The van der Waals surface area contributed by atoms with E-state index in [4.69, 9.17) is 0 Å². The van der Waals surface area contributed by atoms with Crippen LogP contribution in [0.5, 0.6) is 0 Å². The Kier molecular flexibility index (Phi) is 4.89. The molecule has 2 aliphatic heterocycles. The molecule has 126 valence electrons. The number of carbonyl (C=O) groups excluding carboxylic acids is 1. The van der Waals surface area contributed by atoms with Gasteiger partial charge < -0.3 is 9.80 Å². The molecule has 7 heteroatoms. The van der Waals surface area contributed by atoms with Crippen LogP contribution in [0.3, 0.4) is 0 Å². The van der Waals surface area contributed by atoms with E-state index >= 15 is 0 Å². The number of hydrazone groups is 1. The van der Waals surface area contributed by atoms with E-state index in [0.717, 1.165) is 16.5 Å². The number of rotatable bonds is 4. The van der Waals surface area contributed by atoms with Crippen LogP contribution in [0.1, 0.15) is 12.5 Å². The summed E-state index contributed by atoms with van der Waals surface area (Å²) in [5.41, 5.74) is 1.12. The van der Waals surface area contributed by atoms with Crippen LogP contribution in [-0.4, -0.2) is 64.4 Å². The monoisotopic (exact) mass is 343 g/mol. The molecule has 3 rings (SSSR count). The lowest BCUT2D eigenvalue weighted by molar-refractivity contribution is 0.172. The van der Waals surface area contributed by atoms with Crippen molar-refractivity contribution in [1.82, 2.24) is 14.8 Å². The molecule has 1 fully saturated rings. The Hall–Kier alpha value is -2.28. The van der Waals surface area contributed by atoms with E-state index in [1.54, 1.807) is 41.9 Å². The van der Waals surface area contributed by atoms with Crippen molar-refractivity contribution >= 4 is 35.3 Å². The number of likely N-dealkylation sites (N-methyl/N-ethyl adjacent to an activating group) is 2. The molecule has 0 spiro atoms. The average molecular weight is 343 g/mol. The number of carbonyl (C=O) groups is 1. The van der Waals surface area contributed by atoms with Crippen molar-refractivity contribution < 1.29 is 4.79 Å². The van der Waals surface area contributed by atoms with Gasteiger partial charge in [-0.25, -0.2) is 14.8 Å². The second kappa shape index (κ2) is 7.09. The molecule has 2 aliphatic rings. The number of hydrogen-bond acceptors (Lipinski definition) is 5. The van der Waals surface area contributed by atoms with Gasteiger partial charge in [-0.05, 0) is 17.4 Å². The number of amidine groups is 1. The molecule has 6 nitrogen and oxygen atoms in total. The number of urea groups is 1. The van der Waals surface area contributed by atoms with Crippen molar-refractivity contribution in [3.8, 4) is 0 Å². The maximum atomic E-state index is 12.1. The molecule has 0 radical (unpaired) electrons. The van der Waals surface area contributed by atoms with Gasteiger partial charge in [0.15, 0.2) is 17.5 Å². The van der Waals surface area contributed by atoms with Crippen LogP contribution in [0.25, 0.3) is 6.08 Å². The number of aliphatic imine (C=N–C) groups is 1. The van der Waals surface area contributed by atoms with E-state index in [-0.39, 0.29) is 18.4 Å². The summed E-state index contributed by atoms with van der Waals surface area (Å²) in [5.74, 6) is 0.908. The van der Waals surface area contributed by atoms with E-state index in [9.17, 15) is 4.79 Å². The highest BCUT2D eigenvalue weighted by molar-refractivity contribution is 8.13. The van der Waals surface area contributed by atoms with Crippen molar-refractivity contribution in [3.63, 3.8) is 0 Å². The molecule has 24 heavy (non-hydrogen) atoms. The number of allylic oxidation sites excluding steroid dienone is 1. The number of fused-ring (bicyclic) bond motifs is 1. The van der Waals surface area contributed by atoms with Crippen molar-refractivity contribution in [2.75, 3.05) is 19.8 Å². The lowest BCUT2D eigenvalue weighted by atomic mass is 10.2. The van der Waals surface area contributed by atoms with Gasteiger partial charge in [0.25, 0.3) is 0 Å². The van der Waals surface area contributed by atoms with Crippen molar-refractivity contribution in [3.05, 3.63) is 42.0 Å². The highest BCUT2D eigenvalue weighted by atomic mass is 32.2. The van der Waals surface area contributed by atoms with Gasteiger partial charge in [-0.15, -0.1) is 0 Å². The Morgan fingerprint density at radius 2 is 2.00 bits per heavy atom. The van der Waals surface area contributed by atoms with Crippen molar-refractivity contribution in [2.24, 2.45) is 10.1 Å². The highest BCUT2D eigenvalue weighted by Gasteiger charge is 2.50. The maximum absolute atomic E-state index is 12.1. The molecule has 2 heterocycles. The Balaban J connectivity index is 1.77. The van der Waals surface area contributed by atoms with Crippen LogP contribution < -0.4 is 0 Å². The van der Waals surface area contributed by atoms with Crippen LogP contribution >= 0.6 is 11.8 Å². The van der Waals surface area contributed by atoms with Gasteiger partial charge in [-0.2, -0.15) is 5.10 Å². The topological polar surface area (TPSA) is 51.5 Å². The summed E-state index contributed by atoms with van der Waals surface area (Å²) in [6, 6.07) is 10.0. The summed E-state index contributed by atoms with van der Waals surface area (Å²) in [6.45, 7) is 2.08. The summed E-state index contributed by atoms with van der Waals surface area (Å²) >= 11 is 1.64. The third-order valence-corrected chi connectivity index (χ3v) is 4.83. The van der Waals surface area contributed by atoms with E-state index in [1.165, 1.54) is 0 Å². The Labute approximate surface area is 146 Å². The normalized spacial score (nSPS) is 23.7. The van der Waals surface area contributed by atoms with Crippen LogP contribution in [0.2, 0.25) is 0 Å². The first kappa shape index (κ1) is 16.6. The highest BCUT2D eigenvalue weighted by Crippen LogP contribution is 2.32. The van der Waals surface area contributed by atoms with Gasteiger partial charge in [-0.1, -0.05) is 55.1 Å². The molecule has 2 unspecified atom stereocenters. The van der Waals surface area contributed by atoms with E-state index in [0.29, 0.717) is 0 Å². The van der Waals surface area contributed by atoms with Crippen molar-refractivity contribution in [1.29, 1.82) is 0 Å². The zero-order chi connectivity index (χ0) is 17.1. The number of nitrogens with zero attached hydrogens (tertiary/aromatic N) is 5. The molecule has 0 N–H and O–H groups in total. The smallest absolute Gasteiger partial charge is 0.302 e. The zero-order valence-corrected chi connectivity index (χ0v) is 14.8. The van der Waals surface area contributed by atoms with Gasteiger partial charge in [0.05, 0.1) is 0 Å². The zero-order valence-electron chi connectivity index (χ0n) is 14.0. The summed E-state index contributed by atoms with van der Waals surface area (Å²) in [7, 11) is 3.57. The molecule has 0 aromatic heterocycles. The Morgan fingerprint density at radius 1 is 1.25 bits per heavy atom. The SMILES string of the molecule is CCSC1=NC2C(N(C)C(=O)N2C)N1/N=C/C=C/c1ccccc1. The van der Waals surface area contributed by atoms with Crippen LogP contribution in [0, 0.1) is 0 Å². The molecular weight excluding hydrogens is 322 g/mol. The van der Waals surface area contributed by atoms with Crippen molar-refractivity contribution in [2.45, 2.75) is 19.3 Å². The summed E-state index contributed by atoms with van der Waals surface area (Å²) in [5, 5.41) is 7.24. The van der Waals surface area contributed by atoms with Gasteiger partial charge in [0.2, 0.25) is 0 Å². The second-order valence-electron chi connectivity index (χ2n) is 5.56. The first-order valence-electron chi connectivity index (χ1n) is 7.88. The fourth-order valence-electron chi connectivity index (χ4n) is 2.78. The predicted molar refractivity (Wildman–Crippen MR) is 99.9 cm³/mol. The third kappa shape index (κ3) is 3.03. The first-order chi connectivity index (χ1) is 11.6. The van der Waals surface area contributed by atoms with E-state index in [1.807, 2.05) is 47.5 Å². The van der Waals surface area contributed by atoms with Gasteiger partial charge in [0.1, 0.15) is 0 Å². The number of amides is 2. The summed E-state index contributed by atoms with van der Waals surface area (Å²) < 4.78 is 0. The average Bonchev–Trinajstić information content (AvgIpc) is 3.05. The molecule has 1 aromatic rings. The van der Waals surface area contributed by atoms with Crippen LogP contribution in [0.4, 0.5) is 4.79 Å². The van der Waals surface area contributed by atoms with E-state index in [2.05, 4.69) is 17.0 Å². The maximum Gasteiger partial charge on any atom is 0.323 e. The first-order valence-corrected chi connectivity index (χ1v) is 8.87. The minimum atomic E-state index is -0.202. The molecule has 2 atom stereocenters. The van der Waals surface area contributed by atoms with E-state index < -0.39 is 0 Å². The summed E-state index contributed by atoms with van der Waals surface area (Å²) in [6.07, 6.45) is 5.26. The minimum absolute atomic E-state index is 0.0330. The van der Waals surface area contributed by atoms with Gasteiger partial charge in [0, 0.05) is 20.3 Å². The standard InChI is InChI=1S/C17H21N5OS/c1-4-24-16-19-14-15(21(3)17(23)20(14)2)22(16)18-12-8-11-13-9-6-5-7-10-13/h5-12,14-15H,4H2,1-3H3/b11-8+,18-12+. The molecule has 0 saturated carbocycles. The van der Waals surface area contributed by atoms with Crippen LogP contribution in [-0.2, 0) is 0 Å². The molecular formula is C17H21N5OS. The fourth-order valence-corrected chi connectivity index (χ4v) is 3.51. The lowest BCUT2D eigenvalue weighted by Crippen LogP contribution is -2.43. The van der Waals surface area contributed by atoms with Gasteiger partial charge in [-0.3, -0.25) is 0 Å². The van der Waals surface area contributed by atoms with Crippen LogP contribution in [0.15, 0.2) is 46.5 Å². The Bertz CT molecular complexity index is 687. The summed E-state index contributed by atoms with van der Waals surface area (Å²) in [4.78, 5) is 20.2.